The van der Waals surface area contributed by atoms with Gasteiger partial charge in [0, 0.05) is 30.4 Å². The maximum atomic E-state index is 13.6. The van der Waals surface area contributed by atoms with Gasteiger partial charge in [0.1, 0.15) is 17.8 Å². The van der Waals surface area contributed by atoms with Crippen LogP contribution in [-0.2, 0) is 26.2 Å². The quantitative estimate of drug-likeness (QED) is 0.331. The Morgan fingerprint density at radius 3 is 2.37 bits per heavy atom. The summed E-state index contributed by atoms with van der Waals surface area (Å²) in [5.41, 5.74) is 2.47. The molecule has 1 aromatic heterocycles. The van der Waals surface area contributed by atoms with Crippen LogP contribution in [0.1, 0.15) is 24.0 Å². The monoisotopic (exact) mass is 601 g/mol. The van der Waals surface area contributed by atoms with Crippen molar-refractivity contribution < 1.29 is 22.7 Å². The second-order valence-corrected chi connectivity index (χ2v) is 12.8. The van der Waals surface area contributed by atoms with Crippen molar-refractivity contribution in [2.24, 2.45) is 0 Å². The molecule has 6 rings (SSSR count). The molecule has 1 spiro atoms. The number of sulfonamides is 1. The van der Waals surface area contributed by atoms with Gasteiger partial charge in [0.05, 0.1) is 29.9 Å². The molecule has 3 heterocycles. The lowest BCUT2D eigenvalue weighted by atomic mass is 9.85. The molecule has 2 fully saturated rings. The number of anilines is 2. The topological polar surface area (TPSA) is 113 Å². The van der Waals surface area contributed by atoms with E-state index in [9.17, 15) is 18.0 Å². The zero-order valence-electron chi connectivity index (χ0n) is 24.5. The number of hydrogen-bond acceptors (Lipinski definition) is 6. The third-order valence-electron chi connectivity index (χ3n) is 8.62. The minimum absolute atomic E-state index is 0.000820. The lowest BCUT2D eigenvalue weighted by Crippen LogP contribution is -2.57. The van der Waals surface area contributed by atoms with Gasteiger partial charge in [-0.25, -0.2) is 8.42 Å². The number of likely N-dealkylation sites (tertiary alicyclic amines) is 1. The van der Waals surface area contributed by atoms with Crippen LogP contribution in [0, 0.1) is 13.8 Å². The number of methoxy groups -OCH3 is 1. The van der Waals surface area contributed by atoms with Crippen molar-refractivity contribution in [1.82, 2.24) is 14.8 Å². The molecule has 43 heavy (non-hydrogen) atoms. The molecule has 10 nitrogen and oxygen atoms in total. The van der Waals surface area contributed by atoms with Gasteiger partial charge in [-0.3, -0.25) is 14.3 Å². The van der Waals surface area contributed by atoms with E-state index in [2.05, 4.69) is 14.9 Å². The molecule has 3 aromatic carbocycles. The largest absolute Gasteiger partial charge is 0.497 e. The lowest BCUT2D eigenvalue weighted by Gasteiger charge is -2.43. The SMILES string of the molecule is COc1cc(C)c(S(=O)(=O)Nc2cccc3ccn(CC(=O)N4CCC5(CC4)C(=O)NCN5c4ccccc4)c23)c(C)c1. The van der Waals surface area contributed by atoms with Crippen LogP contribution in [0.2, 0.25) is 0 Å². The van der Waals surface area contributed by atoms with Crippen LogP contribution < -0.4 is 19.7 Å². The van der Waals surface area contributed by atoms with E-state index in [-0.39, 0.29) is 23.3 Å². The molecular formula is C32H35N5O5S. The van der Waals surface area contributed by atoms with E-state index in [1.165, 1.54) is 0 Å². The van der Waals surface area contributed by atoms with Crippen molar-refractivity contribution in [1.29, 1.82) is 0 Å². The van der Waals surface area contributed by atoms with Crippen LogP contribution in [0.3, 0.4) is 0 Å². The summed E-state index contributed by atoms with van der Waals surface area (Å²) in [5, 5.41) is 3.81. The molecular weight excluding hydrogens is 566 g/mol. The highest BCUT2D eigenvalue weighted by atomic mass is 32.2. The number of para-hydroxylation sites is 2. The van der Waals surface area contributed by atoms with Gasteiger partial charge in [0.15, 0.2) is 0 Å². The number of carbonyl (C=O) groups is 2. The molecule has 11 heteroatoms. The Labute approximate surface area is 251 Å². The van der Waals surface area contributed by atoms with Gasteiger partial charge in [-0.15, -0.1) is 0 Å². The third kappa shape index (κ3) is 5.07. The number of fused-ring (bicyclic) bond motifs is 1. The van der Waals surface area contributed by atoms with E-state index in [4.69, 9.17) is 4.74 Å². The zero-order chi connectivity index (χ0) is 30.4. The predicted molar refractivity (Wildman–Crippen MR) is 166 cm³/mol. The van der Waals surface area contributed by atoms with Gasteiger partial charge < -0.3 is 24.4 Å². The number of carbonyl (C=O) groups excluding carboxylic acids is 2. The standard InChI is InChI=1S/C32H35N5O5S/c1-22-18-26(42-3)19-23(2)30(22)43(40,41)34-27-11-7-8-24-12-15-36(29(24)27)20-28(38)35-16-13-32(14-17-35)31(39)33-21-37(32)25-9-5-4-6-10-25/h4-12,15,18-19,34H,13-14,16-17,20-21H2,1-3H3,(H,33,39). The average Bonchev–Trinajstić information content (AvgIpc) is 3.54. The van der Waals surface area contributed by atoms with Crippen molar-refractivity contribution in [2.45, 2.75) is 43.7 Å². The summed E-state index contributed by atoms with van der Waals surface area (Å²) in [5.74, 6) is 0.504. The number of aromatic nitrogens is 1. The van der Waals surface area contributed by atoms with Crippen molar-refractivity contribution in [3.05, 3.63) is 84.1 Å². The maximum Gasteiger partial charge on any atom is 0.262 e. The summed E-state index contributed by atoms with van der Waals surface area (Å²) in [6, 6.07) is 20.5. The van der Waals surface area contributed by atoms with Crippen molar-refractivity contribution in [3.63, 3.8) is 0 Å². The van der Waals surface area contributed by atoms with E-state index in [0.717, 1.165) is 11.1 Å². The van der Waals surface area contributed by atoms with Gasteiger partial charge in [-0.2, -0.15) is 0 Å². The summed E-state index contributed by atoms with van der Waals surface area (Å²) in [6.07, 6.45) is 2.85. The minimum atomic E-state index is -3.94. The summed E-state index contributed by atoms with van der Waals surface area (Å²) < 4.78 is 37.0. The van der Waals surface area contributed by atoms with E-state index in [1.54, 1.807) is 60.9 Å². The van der Waals surface area contributed by atoms with Crippen LogP contribution in [0.15, 0.2) is 77.8 Å². The number of hydrogen-bond donors (Lipinski definition) is 2. The fourth-order valence-electron chi connectivity index (χ4n) is 6.53. The summed E-state index contributed by atoms with van der Waals surface area (Å²) in [4.78, 5) is 30.7. The first kappa shape index (κ1) is 28.6. The Balaban J connectivity index is 1.21. The molecule has 4 aromatic rings. The predicted octanol–water partition coefficient (Wildman–Crippen LogP) is 4.02. The molecule has 2 aliphatic rings. The smallest absolute Gasteiger partial charge is 0.262 e. The van der Waals surface area contributed by atoms with Crippen LogP contribution in [0.4, 0.5) is 11.4 Å². The number of rotatable bonds is 7. The second kappa shape index (κ2) is 11.0. The summed E-state index contributed by atoms with van der Waals surface area (Å²) in [6.45, 7) is 4.87. The van der Waals surface area contributed by atoms with E-state index >= 15 is 0 Å². The van der Waals surface area contributed by atoms with Crippen LogP contribution in [-0.4, -0.2) is 62.1 Å². The van der Waals surface area contributed by atoms with Crippen LogP contribution >= 0.6 is 0 Å². The lowest BCUT2D eigenvalue weighted by molar-refractivity contribution is -0.135. The molecule has 2 amide bonds. The number of piperidine rings is 1. The Kier molecular flexibility index (Phi) is 7.29. The second-order valence-electron chi connectivity index (χ2n) is 11.2. The highest BCUT2D eigenvalue weighted by Gasteiger charge is 2.50. The first-order chi connectivity index (χ1) is 20.6. The summed E-state index contributed by atoms with van der Waals surface area (Å²) in [7, 11) is -2.39. The molecule has 0 bridgehead atoms. The molecule has 2 N–H and O–H groups in total. The first-order valence-electron chi connectivity index (χ1n) is 14.3. The van der Waals surface area contributed by atoms with Crippen LogP contribution in [0.25, 0.3) is 10.9 Å². The Hall–Kier alpha value is -4.51. The average molecular weight is 602 g/mol. The normalized spacial score (nSPS) is 16.5. The molecule has 2 aliphatic heterocycles. The van der Waals surface area contributed by atoms with E-state index in [1.807, 2.05) is 42.5 Å². The number of nitrogens with one attached hydrogen (secondary N) is 2. The number of ether oxygens (including phenoxy) is 1. The van der Waals surface area contributed by atoms with Gasteiger partial charge in [-0.05, 0) is 74.2 Å². The van der Waals surface area contributed by atoms with E-state index < -0.39 is 15.6 Å². The molecule has 0 saturated carbocycles. The maximum absolute atomic E-state index is 13.6. The van der Waals surface area contributed by atoms with Gasteiger partial charge >= 0.3 is 0 Å². The van der Waals surface area contributed by atoms with Crippen molar-refractivity contribution in [3.8, 4) is 5.75 Å². The number of aryl methyl sites for hydroxylation is 2. The molecule has 0 radical (unpaired) electrons. The Bertz CT molecular complexity index is 1790. The number of nitrogens with zero attached hydrogens (tertiary/aromatic N) is 3. The zero-order valence-corrected chi connectivity index (χ0v) is 25.3. The Morgan fingerprint density at radius 1 is 1.00 bits per heavy atom. The van der Waals surface area contributed by atoms with Crippen molar-refractivity contribution >= 4 is 44.1 Å². The minimum Gasteiger partial charge on any atom is -0.497 e. The van der Waals surface area contributed by atoms with Gasteiger partial charge in [-0.1, -0.05) is 30.3 Å². The van der Waals surface area contributed by atoms with Gasteiger partial charge in [0.2, 0.25) is 11.8 Å². The highest BCUT2D eigenvalue weighted by Crippen LogP contribution is 2.36. The number of amides is 2. The molecule has 0 aliphatic carbocycles. The molecule has 2 saturated heterocycles. The number of benzene rings is 3. The van der Waals surface area contributed by atoms with E-state index in [0.29, 0.717) is 60.7 Å². The van der Waals surface area contributed by atoms with Crippen LogP contribution in [0.5, 0.6) is 5.75 Å². The van der Waals surface area contributed by atoms with Crippen molar-refractivity contribution in [2.75, 3.05) is 36.5 Å². The fraction of sp³-hybridized carbons (Fsp3) is 0.312. The molecule has 0 unspecified atom stereocenters. The molecule has 224 valence electrons. The fourth-order valence-corrected chi connectivity index (χ4v) is 8.05. The molecule has 0 atom stereocenters. The third-order valence-corrected chi connectivity index (χ3v) is 10.3. The highest BCUT2D eigenvalue weighted by molar-refractivity contribution is 7.92. The first-order valence-corrected chi connectivity index (χ1v) is 15.8. The Morgan fingerprint density at radius 2 is 1.70 bits per heavy atom. The van der Waals surface area contributed by atoms with Gasteiger partial charge in [0.25, 0.3) is 10.0 Å². The summed E-state index contributed by atoms with van der Waals surface area (Å²) >= 11 is 0.